The molecular weight excluding hydrogens is 572 g/mol. The summed E-state index contributed by atoms with van der Waals surface area (Å²) < 4.78 is 34.2. The van der Waals surface area contributed by atoms with Gasteiger partial charge in [-0.05, 0) is 70.0 Å². The molecule has 0 aromatic heterocycles. The van der Waals surface area contributed by atoms with E-state index >= 15 is 0 Å². The zero-order valence-corrected chi connectivity index (χ0v) is 26.1. The summed E-state index contributed by atoms with van der Waals surface area (Å²) >= 11 is 0. The van der Waals surface area contributed by atoms with Gasteiger partial charge in [-0.15, -0.1) is 0 Å². The maximum absolute atomic E-state index is 14.0. The predicted octanol–water partition coefficient (Wildman–Crippen LogP) is 4.75. The number of anilines is 1. The van der Waals surface area contributed by atoms with Crippen molar-refractivity contribution in [2.24, 2.45) is 0 Å². The van der Waals surface area contributed by atoms with Gasteiger partial charge in [0.1, 0.15) is 18.3 Å². The molecule has 0 saturated carbocycles. The van der Waals surface area contributed by atoms with Crippen molar-refractivity contribution in [3.05, 3.63) is 93.5 Å². The number of aryl methyl sites for hydroxylation is 2. The van der Waals surface area contributed by atoms with Gasteiger partial charge in [-0.1, -0.05) is 42.8 Å². The van der Waals surface area contributed by atoms with Crippen LogP contribution in [0.5, 0.6) is 5.75 Å². The number of ether oxygens (including phenoxy) is 1. The van der Waals surface area contributed by atoms with Crippen LogP contribution in [0, 0.1) is 24.0 Å². The molecule has 2 atom stereocenters. The molecule has 0 radical (unpaired) electrons. The summed E-state index contributed by atoms with van der Waals surface area (Å²) in [7, 11) is -3.02. The number of nitrogens with one attached hydrogen (secondary N) is 1. The summed E-state index contributed by atoms with van der Waals surface area (Å²) in [5.74, 6) is -0.536. The fourth-order valence-corrected chi connectivity index (χ4v) is 5.72. The number of hydrogen-bond acceptors (Lipinski definition) is 7. The first kappa shape index (κ1) is 33.1. The normalized spacial score (nSPS) is 12.6. The number of rotatable bonds is 13. The van der Waals surface area contributed by atoms with E-state index in [4.69, 9.17) is 4.74 Å². The van der Waals surface area contributed by atoms with Gasteiger partial charge < -0.3 is 15.0 Å². The molecule has 0 bridgehead atoms. The first-order chi connectivity index (χ1) is 20.3. The van der Waals surface area contributed by atoms with Crippen molar-refractivity contribution in [2.45, 2.75) is 64.6 Å². The highest BCUT2D eigenvalue weighted by Crippen LogP contribution is 2.29. The maximum Gasteiger partial charge on any atom is 0.273 e. The number of amides is 2. The van der Waals surface area contributed by atoms with Gasteiger partial charge in [0.2, 0.25) is 11.8 Å². The molecular formula is C31H38N4O7S. The molecule has 0 unspecified atom stereocenters. The number of nitro benzene ring substituents is 1. The molecule has 0 spiro atoms. The second-order valence-corrected chi connectivity index (χ2v) is 12.3. The zero-order valence-electron chi connectivity index (χ0n) is 25.2. The third kappa shape index (κ3) is 8.10. The Labute approximate surface area is 252 Å². The van der Waals surface area contributed by atoms with Crippen LogP contribution < -0.4 is 14.4 Å². The van der Waals surface area contributed by atoms with Crippen LogP contribution in [-0.4, -0.2) is 55.8 Å². The van der Waals surface area contributed by atoms with E-state index in [9.17, 15) is 28.1 Å². The minimum Gasteiger partial charge on any atom is -0.497 e. The quantitative estimate of drug-likeness (QED) is 0.218. The molecule has 0 saturated heterocycles. The minimum atomic E-state index is -4.48. The number of carbonyl (C=O) groups is 2. The molecule has 3 aromatic carbocycles. The Morgan fingerprint density at radius 1 is 1.00 bits per heavy atom. The fraction of sp³-hybridized carbons (Fsp3) is 0.355. The third-order valence-corrected chi connectivity index (χ3v) is 9.02. The van der Waals surface area contributed by atoms with Crippen molar-refractivity contribution in [3.63, 3.8) is 0 Å². The molecule has 43 heavy (non-hydrogen) atoms. The first-order valence-corrected chi connectivity index (χ1v) is 15.3. The summed E-state index contributed by atoms with van der Waals surface area (Å²) in [6.45, 7) is 8.21. The average Bonchev–Trinajstić information content (AvgIpc) is 2.98. The van der Waals surface area contributed by atoms with E-state index in [1.165, 1.54) is 43.2 Å². The summed E-state index contributed by atoms with van der Waals surface area (Å²) in [5, 5.41) is 14.5. The van der Waals surface area contributed by atoms with Crippen LogP contribution in [-0.2, 0) is 26.2 Å². The molecule has 12 heteroatoms. The van der Waals surface area contributed by atoms with E-state index in [0.717, 1.165) is 21.5 Å². The van der Waals surface area contributed by atoms with Crippen molar-refractivity contribution >= 4 is 33.2 Å². The standard InChI is InChI=1S/C31H38N4O7S/c1-7-23(4)32-31(37)24(5)33(19-25-11-8-21(2)9-12-25)30(36)20-34(26-13-15-27(42-6)16-14-26)43(40,41)28-17-10-22(3)29(18-28)35(38)39/h8-18,23-24H,7,19-20H2,1-6H3,(H,32,37)/t23-,24+/m1/s1. The molecule has 0 aliphatic carbocycles. The molecule has 2 amide bonds. The number of nitro groups is 1. The number of hydrogen-bond donors (Lipinski definition) is 1. The molecule has 11 nitrogen and oxygen atoms in total. The van der Waals surface area contributed by atoms with E-state index in [0.29, 0.717) is 17.7 Å². The Hall–Kier alpha value is -4.45. The Morgan fingerprint density at radius 2 is 1.63 bits per heavy atom. The predicted molar refractivity (Wildman–Crippen MR) is 164 cm³/mol. The largest absolute Gasteiger partial charge is 0.497 e. The lowest BCUT2D eigenvalue weighted by Crippen LogP contribution is -2.52. The number of benzene rings is 3. The summed E-state index contributed by atoms with van der Waals surface area (Å²) in [6.07, 6.45) is 0.691. The first-order valence-electron chi connectivity index (χ1n) is 13.9. The summed E-state index contributed by atoms with van der Waals surface area (Å²) in [6, 6.07) is 16.1. The van der Waals surface area contributed by atoms with Crippen molar-refractivity contribution < 1.29 is 27.7 Å². The maximum atomic E-state index is 14.0. The Kier molecular flexibility index (Phi) is 10.9. The minimum absolute atomic E-state index is 0.0563. The van der Waals surface area contributed by atoms with Crippen molar-refractivity contribution in [1.82, 2.24) is 10.2 Å². The van der Waals surface area contributed by atoms with Gasteiger partial charge in [0, 0.05) is 24.2 Å². The van der Waals surface area contributed by atoms with Crippen LogP contribution >= 0.6 is 0 Å². The second kappa shape index (κ2) is 14.1. The van der Waals surface area contributed by atoms with Gasteiger partial charge in [-0.2, -0.15) is 0 Å². The lowest BCUT2D eigenvalue weighted by Gasteiger charge is -2.32. The lowest BCUT2D eigenvalue weighted by atomic mass is 10.1. The van der Waals surface area contributed by atoms with Gasteiger partial charge in [-0.25, -0.2) is 8.42 Å². The van der Waals surface area contributed by atoms with Crippen LogP contribution in [0.25, 0.3) is 0 Å². The SMILES string of the molecule is CC[C@@H](C)NC(=O)[C@H](C)N(Cc1ccc(C)cc1)C(=O)CN(c1ccc(OC)cc1)S(=O)(=O)c1ccc(C)c([N+](=O)[O-])c1. The lowest BCUT2D eigenvalue weighted by molar-refractivity contribution is -0.385. The van der Waals surface area contributed by atoms with Crippen LogP contribution in [0.1, 0.15) is 43.9 Å². The van der Waals surface area contributed by atoms with Gasteiger partial charge in [0.05, 0.1) is 22.6 Å². The van der Waals surface area contributed by atoms with E-state index < -0.39 is 33.4 Å². The molecule has 0 aliphatic rings. The highest BCUT2D eigenvalue weighted by Gasteiger charge is 2.33. The highest BCUT2D eigenvalue weighted by molar-refractivity contribution is 7.92. The molecule has 0 heterocycles. The fourth-order valence-electron chi connectivity index (χ4n) is 4.29. The van der Waals surface area contributed by atoms with E-state index in [1.54, 1.807) is 19.1 Å². The third-order valence-electron chi connectivity index (χ3n) is 7.25. The molecule has 3 aromatic rings. The number of nitrogens with zero attached hydrogens (tertiary/aromatic N) is 3. The number of sulfonamides is 1. The monoisotopic (exact) mass is 610 g/mol. The van der Waals surface area contributed by atoms with Crippen molar-refractivity contribution in [2.75, 3.05) is 18.0 Å². The molecule has 0 fully saturated rings. The molecule has 3 rings (SSSR count). The Morgan fingerprint density at radius 3 is 2.19 bits per heavy atom. The smallest absolute Gasteiger partial charge is 0.273 e. The van der Waals surface area contributed by atoms with E-state index in [1.807, 2.05) is 45.0 Å². The highest BCUT2D eigenvalue weighted by atomic mass is 32.2. The average molecular weight is 611 g/mol. The van der Waals surface area contributed by atoms with Gasteiger partial charge in [0.25, 0.3) is 15.7 Å². The van der Waals surface area contributed by atoms with Crippen LogP contribution in [0.2, 0.25) is 0 Å². The molecule has 230 valence electrons. The van der Waals surface area contributed by atoms with Crippen LogP contribution in [0.4, 0.5) is 11.4 Å². The second-order valence-electron chi connectivity index (χ2n) is 10.4. The van der Waals surface area contributed by atoms with Crippen LogP contribution in [0.15, 0.2) is 71.6 Å². The topological polar surface area (TPSA) is 139 Å². The van der Waals surface area contributed by atoms with Gasteiger partial charge in [0.15, 0.2) is 0 Å². The van der Waals surface area contributed by atoms with E-state index in [-0.39, 0.29) is 34.8 Å². The van der Waals surface area contributed by atoms with Crippen molar-refractivity contribution in [1.29, 1.82) is 0 Å². The van der Waals surface area contributed by atoms with Gasteiger partial charge in [-0.3, -0.25) is 24.0 Å². The number of carbonyl (C=O) groups excluding carboxylic acids is 2. The Bertz CT molecular complexity index is 1560. The zero-order chi connectivity index (χ0) is 31.9. The van der Waals surface area contributed by atoms with Gasteiger partial charge >= 0.3 is 0 Å². The summed E-state index contributed by atoms with van der Waals surface area (Å²) in [5.41, 5.74) is 1.85. The van der Waals surface area contributed by atoms with Crippen LogP contribution in [0.3, 0.4) is 0 Å². The summed E-state index contributed by atoms with van der Waals surface area (Å²) in [4.78, 5) is 39.1. The number of methoxy groups -OCH3 is 1. The Balaban J connectivity index is 2.08. The van der Waals surface area contributed by atoms with E-state index in [2.05, 4.69) is 5.32 Å². The molecule has 1 N–H and O–H groups in total. The van der Waals surface area contributed by atoms with Crippen molar-refractivity contribution in [3.8, 4) is 5.75 Å². The molecule has 0 aliphatic heterocycles.